The van der Waals surface area contributed by atoms with E-state index in [2.05, 4.69) is 10.3 Å². The summed E-state index contributed by atoms with van der Waals surface area (Å²) in [5.41, 5.74) is 1.03. The Kier molecular flexibility index (Phi) is 5.43. The van der Waals surface area contributed by atoms with Crippen LogP contribution in [0.4, 0.5) is 0 Å². The van der Waals surface area contributed by atoms with Crippen molar-refractivity contribution in [2.45, 2.75) is 37.2 Å². The van der Waals surface area contributed by atoms with E-state index in [9.17, 15) is 4.79 Å². The summed E-state index contributed by atoms with van der Waals surface area (Å²) < 4.78 is 5.98. The highest BCUT2D eigenvalue weighted by Crippen LogP contribution is 2.42. The zero-order chi connectivity index (χ0) is 17.7. The van der Waals surface area contributed by atoms with Crippen LogP contribution in [-0.2, 0) is 10.2 Å². The quantitative estimate of drug-likeness (QED) is 0.671. The summed E-state index contributed by atoms with van der Waals surface area (Å²) in [4.78, 5) is 17.6. The maximum Gasteiger partial charge on any atom is 0.338 e. The number of aromatic nitrogens is 1. The molecule has 1 aromatic heterocycles. The van der Waals surface area contributed by atoms with E-state index >= 15 is 0 Å². The lowest BCUT2D eigenvalue weighted by Gasteiger charge is -2.43. The molecule has 2 atom stereocenters. The highest BCUT2D eigenvalue weighted by Gasteiger charge is 2.48. The highest BCUT2D eigenvalue weighted by atomic mass is 32.1. The van der Waals surface area contributed by atoms with Gasteiger partial charge < -0.3 is 10.1 Å². The smallest absolute Gasteiger partial charge is 0.338 e. The van der Waals surface area contributed by atoms with E-state index in [4.69, 9.17) is 17.0 Å². The Morgan fingerprint density at radius 3 is 2.72 bits per heavy atom. The molecule has 130 valence electrons. The zero-order valence-corrected chi connectivity index (χ0v) is 15.1. The monoisotopic (exact) mass is 354 g/mol. The molecule has 2 aromatic rings. The van der Waals surface area contributed by atoms with Crippen molar-refractivity contribution >= 4 is 23.2 Å². The topological polar surface area (TPSA) is 51.2 Å². The molecule has 3 rings (SSSR count). The molecule has 1 aromatic carbocycles. The number of hydrogen-bond acceptors (Lipinski definition) is 4. The Balaban J connectivity index is 1.97. The van der Waals surface area contributed by atoms with E-state index in [0.717, 1.165) is 31.2 Å². The first-order valence-corrected chi connectivity index (χ1v) is 8.98. The summed E-state index contributed by atoms with van der Waals surface area (Å²) in [6, 6.07) is 13.0. The second-order valence-corrected chi connectivity index (χ2v) is 6.71. The molecule has 1 heterocycles. The van der Waals surface area contributed by atoms with Crippen LogP contribution >= 0.6 is 12.2 Å². The summed E-state index contributed by atoms with van der Waals surface area (Å²) in [5, 5.41) is 3.13. The molecule has 1 N–H and O–H groups in total. The van der Waals surface area contributed by atoms with Crippen LogP contribution in [0.2, 0.25) is 0 Å². The summed E-state index contributed by atoms with van der Waals surface area (Å²) in [5.74, 6) is -0.306. The Morgan fingerprint density at radius 1 is 1.24 bits per heavy atom. The van der Waals surface area contributed by atoms with Crippen molar-refractivity contribution < 1.29 is 9.53 Å². The van der Waals surface area contributed by atoms with Crippen LogP contribution in [0.15, 0.2) is 54.9 Å². The van der Waals surface area contributed by atoms with Crippen molar-refractivity contribution in [3.63, 3.8) is 0 Å². The van der Waals surface area contributed by atoms with E-state index < -0.39 is 5.41 Å². The predicted molar refractivity (Wildman–Crippen MR) is 102 cm³/mol. The SMILES string of the molecule is CNC(=S)[C@]1(c2cccnc2)CCCC[C@H]1OC(=O)c1ccccc1. The van der Waals surface area contributed by atoms with Gasteiger partial charge in [0.1, 0.15) is 6.10 Å². The number of nitrogens with one attached hydrogen (secondary N) is 1. The highest BCUT2D eigenvalue weighted by molar-refractivity contribution is 7.80. The number of hydrogen-bond donors (Lipinski definition) is 1. The van der Waals surface area contributed by atoms with Crippen LogP contribution in [0.25, 0.3) is 0 Å². The number of nitrogens with zero attached hydrogens (tertiary/aromatic N) is 1. The summed E-state index contributed by atoms with van der Waals surface area (Å²) in [7, 11) is 1.82. The van der Waals surface area contributed by atoms with Crippen molar-refractivity contribution in [1.29, 1.82) is 0 Å². The number of ether oxygens (including phenoxy) is 1. The first-order valence-electron chi connectivity index (χ1n) is 8.57. The van der Waals surface area contributed by atoms with Crippen LogP contribution in [0, 0.1) is 0 Å². The standard InChI is InChI=1S/C20H22N2O2S/c1-21-19(25)20(16-10-7-13-22-14-16)12-6-5-11-17(20)24-18(23)15-8-3-2-4-9-15/h2-4,7-10,13-14,17H,5-6,11-12H2,1H3,(H,21,25)/t17-,20+/m1/s1. The fourth-order valence-electron chi connectivity index (χ4n) is 3.64. The zero-order valence-electron chi connectivity index (χ0n) is 14.3. The molecule has 1 aliphatic rings. The van der Waals surface area contributed by atoms with E-state index in [1.54, 1.807) is 18.3 Å². The van der Waals surface area contributed by atoms with Crippen LogP contribution in [0.5, 0.6) is 0 Å². The maximum absolute atomic E-state index is 12.6. The number of carbonyl (C=O) groups is 1. The molecular weight excluding hydrogens is 332 g/mol. The molecule has 0 bridgehead atoms. The summed E-state index contributed by atoms with van der Waals surface area (Å²) in [6.07, 6.45) is 6.95. The molecule has 0 spiro atoms. The molecule has 0 unspecified atom stereocenters. The average molecular weight is 354 g/mol. The van der Waals surface area contributed by atoms with Crippen molar-refractivity contribution in [3.8, 4) is 0 Å². The third-order valence-corrected chi connectivity index (χ3v) is 5.47. The Bertz CT molecular complexity index is 736. The minimum atomic E-state index is -0.527. The molecule has 4 nitrogen and oxygen atoms in total. The molecule has 1 fully saturated rings. The van der Waals surface area contributed by atoms with Gasteiger partial charge in [-0.05, 0) is 43.0 Å². The fourth-order valence-corrected chi connectivity index (χ4v) is 3.99. The molecule has 0 saturated heterocycles. The number of esters is 1. The van der Waals surface area contributed by atoms with Gasteiger partial charge in [0.2, 0.25) is 0 Å². The lowest BCUT2D eigenvalue weighted by molar-refractivity contribution is 0.00430. The lowest BCUT2D eigenvalue weighted by atomic mass is 9.67. The number of benzene rings is 1. The number of carbonyl (C=O) groups excluding carboxylic acids is 1. The first kappa shape index (κ1) is 17.5. The van der Waals surface area contributed by atoms with Crippen LogP contribution < -0.4 is 5.32 Å². The van der Waals surface area contributed by atoms with Crippen molar-refractivity contribution in [3.05, 3.63) is 66.0 Å². The van der Waals surface area contributed by atoms with E-state index in [1.165, 1.54) is 0 Å². The van der Waals surface area contributed by atoms with Crippen LogP contribution in [-0.4, -0.2) is 29.1 Å². The number of pyridine rings is 1. The number of thiocarbonyl (C=S) groups is 1. The van der Waals surface area contributed by atoms with Gasteiger partial charge in [0.05, 0.1) is 16.0 Å². The number of rotatable bonds is 4. The summed E-state index contributed by atoms with van der Waals surface area (Å²) in [6.45, 7) is 0. The maximum atomic E-state index is 12.6. The van der Waals surface area contributed by atoms with Crippen LogP contribution in [0.3, 0.4) is 0 Å². The van der Waals surface area contributed by atoms with Gasteiger partial charge in [0.25, 0.3) is 0 Å². The Morgan fingerprint density at radius 2 is 2.04 bits per heavy atom. The lowest BCUT2D eigenvalue weighted by Crippen LogP contribution is -2.53. The second kappa shape index (κ2) is 7.74. The molecular formula is C20H22N2O2S. The van der Waals surface area contributed by atoms with Crippen LogP contribution in [0.1, 0.15) is 41.6 Å². The van der Waals surface area contributed by atoms with Crippen molar-refractivity contribution in [2.75, 3.05) is 7.05 Å². The molecule has 0 aliphatic heterocycles. The Labute approximate surface area is 153 Å². The van der Waals surface area contributed by atoms with Crippen molar-refractivity contribution in [2.24, 2.45) is 0 Å². The molecule has 25 heavy (non-hydrogen) atoms. The molecule has 5 heteroatoms. The van der Waals surface area contributed by atoms with Gasteiger partial charge in [-0.2, -0.15) is 0 Å². The van der Waals surface area contributed by atoms with Gasteiger partial charge >= 0.3 is 5.97 Å². The van der Waals surface area contributed by atoms with Gasteiger partial charge in [0, 0.05) is 19.4 Å². The van der Waals surface area contributed by atoms with Gasteiger partial charge in [0.15, 0.2) is 0 Å². The van der Waals surface area contributed by atoms with E-state index in [0.29, 0.717) is 10.6 Å². The summed E-state index contributed by atoms with van der Waals surface area (Å²) >= 11 is 5.69. The van der Waals surface area contributed by atoms with Crippen molar-refractivity contribution in [1.82, 2.24) is 10.3 Å². The predicted octanol–water partition coefficient (Wildman–Crippen LogP) is 3.67. The third kappa shape index (κ3) is 3.42. The molecule has 1 saturated carbocycles. The van der Waals surface area contributed by atoms with E-state index in [-0.39, 0.29) is 12.1 Å². The van der Waals surface area contributed by atoms with Gasteiger partial charge in [-0.1, -0.05) is 42.9 Å². The Hall–Kier alpha value is -2.27. The molecule has 0 radical (unpaired) electrons. The van der Waals surface area contributed by atoms with E-state index in [1.807, 2.05) is 43.6 Å². The average Bonchev–Trinajstić information content (AvgIpc) is 2.69. The largest absolute Gasteiger partial charge is 0.457 e. The minimum Gasteiger partial charge on any atom is -0.457 e. The first-order chi connectivity index (χ1) is 12.2. The fraction of sp³-hybridized carbons (Fsp3) is 0.350. The molecule has 0 amide bonds. The number of likely N-dealkylation sites (N-methyl/N-ethyl adjacent to an activating group) is 1. The minimum absolute atomic E-state index is 0.306. The molecule has 1 aliphatic carbocycles. The third-order valence-electron chi connectivity index (χ3n) is 4.90. The van der Waals surface area contributed by atoms with Gasteiger partial charge in [-0.15, -0.1) is 0 Å². The second-order valence-electron chi connectivity index (χ2n) is 6.30. The normalized spacial score (nSPS) is 22.8. The van der Waals surface area contributed by atoms with Gasteiger partial charge in [-0.3, -0.25) is 4.98 Å². The van der Waals surface area contributed by atoms with Gasteiger partial charge in [-0.25, -0.2) is 4.79 Å².